The summed E-state index contributed by atoms with van der Waals surface area (Å²) in [4.78, 5) is 12.6. The van der Waals surface area contributed by atoms with E-state index in [4.69, 9.17) is 14.2 Å². The van der Waals surface area contributed by atoms with Crippen LogP contribution in [0.1, 0.15) is 12.5 Å². The molecule has 0 atom stereocenters. The van der Waals surface area contributed by atoms with Gasteiger partial charge < -0.3 is 14.2 Å². The third kappa shape index (κ3) is 5.92. The van der Waals surface area contributed by atoms with Gasteiger partial charge in [-0.15, -0.1) is 10.2 Å². The standard InChI is InChI=1S/C27H27N5O4S/c1-18(19-11-7-5-8-12-19)28-29-24(33)17-37-27-31-30-26(32(27)21-13-9-6-10-14-21)20-15-22(34-2)25(36-4)23(16-20)35-3/h5-16H,17H2,1-4H3,(H,29,33)/b28-18-. The number of nitrogens with zero attached hydrogens (tertiary/aromatic N) is 4. The van der Waals surface area contributed by atoms with Gasteiger partial charge in [0.15, 0.2) is 22.5 Å². The molecular formula is C27H27N5O4S. The molecular weight excluding hydrogens is 490 g/mol. The summed E-state index contributed by atoms with van der Waals surface area (Å²) in [5.74, 6) is 1.89. The van der Waals surface area contributed by atoms with Gasteiger partial charge in [-0.05, 0) is 36.8 Å². The monoisotopic (exact) mass is 517 g/mol. The summed E-state index contributed by atoms with van der Waals surface area (Å²) in [6.45, 7) is 1.85. The normalized spacial score (nSPS) is 11.2. The van der Waals surface area contributed by atoms with Crippen LogP contribution in [0.3, 0.4) is 0 Å². The first-order chi connectivity index (χ1) is 18.0. The first kappa shape index (κ1) is 25.8. The molecule has 0 saturated heterocycles. The van der Waals surface area contributed by atoms with Gasteiger partial charge in [-0.2, -0.15) is 5.10 Å². The molecule has 1 heterocycles. The van der Waals surface area contributed by atoms with E-state index >= 15 is 0 Å². The van der Waals surface area contributed by atoms with Gasteiger partial charge in [-0.3, -0.25) is 9.36 Å². The molecule has 0 saturated carbocycles. The van der Waals surface area contributed by atoms with Crippen molar-refractivity contribution in [2.75, 3.05) is 27.1 Å². The summed E-state index contributed by atoms with van der Waals surface area (Å²) in [6.07, 6.45) is 0. The molecule has 3 aromatic carbocycles. The predicted molar refractivity (Wildman–Crippen MR) is 144 cm³/mol. The topological polar surface area (TPSA) is 99.9 Å². The van der Waals surface area contributed by atoms with E-state index in [0.717, 1.165) is 17.0 Å². The van der Waals surface area contributed by atoms with Gasteiger partial charge in [0.1, 0.15) is 0 Å². The van der Waals surface area contributed by atoms with Crippen LogP contribution in [0.25, 0.3) is 17.1 Å². The molecule has 1 amide bonds. The van der Waals surface area contributed by atoms with Gasteiger partial charge in [0.05, 0.1) is 32.8 Å². The number of nitrogens with one attached hydrogen (secondary N) is 1. The third-order valence-corrected chi connectivity index (χ3v) is 6.37. The number of carbonyl (C=O) groups excluding carboxylic acids is 1. The number of hydrogen-bond donors (Lipinski definition) is 1. The van der Waals surface area contributed by atoms with E-state index in [1.54, 1.807) is 21.3 Å². The van der Waals surface area contributed by atoms with Crippen molar-refractivity contribution in [3.8, 4) is 34.3 Å². The molecule has 0 aliphatic rings. The van der Waals surface area contributed by atoms with Crippen LogP contribution in [0.2, 0.25) is 0 Å². The second-order valence-corrected chi connectivity index (χ2v) is 8.72. The van der Waals surface area contributed by atoms with Crippen LogP contribution in [-0.4, -0.2) is 53.5 Å². The summed E-state index contributed by atoms with van der Waals surface area (Å²) in [7, 11) is 4.67. The molecule has 0 spiro atoms. The fraction of sp³-hybridized carbons (Fsp3) is 0.185. The summed E-state index contributed by atoms with van der Waals surface area (Å²) in [5, 5.41) is 13.6. The predicted octanol–water partition coefficient (Wildman–Crippen LogP) is 4.59. The maximum atomic E-state index is 12.6. The zero-order valence-corrected chi connectivity index (χ0v) is 21.8. The lowest BCUT2D eigenvalue weighted by Crippen LogP contribution is -2.21. The Balaban J connectivity index is 1.62. The largest absolute Gasteiger partial charge is 0.493 e. The fourth-order valence-electron chi connectivity index (χ4n) is 3.62. The van der Waals surface area contributed by atoms with Crippen LogP contribution in [0, 0.1) is 0 Å². The van der Waals surface area contributed by atoms with Gasteiger partial charge in [0.2, 0.25) is 5.75 Å². The maximum absolute atomic E-state index is 12.6. The van der Waals surface area contributed by atoms with Crippen molar-refractivity contribution < 1.29 is 19.0 Å². The molecule has 190 valence electrons. The molecule has 4 aromatic rings. The van der Waals surface area contributed by atoms with Crippen molar-refractivity contribution in [3.63, 3.8) is 0 Å². The summed E-state index contributed by atoms with van der Waals surface area (Å²) in [5.41, 5.74) is 5.83. The van der Waals surface area contributed by atoms with Crippen LogP contribution >= 0.6 is 11.8 Å². The summed E-state index contributed by atoms with van der Waals surface area (Å²) < 4.78 is 18.4. The minimum absolute atomic E-state index is 0.103. The lowest BCUT2D eigenvalue weighted by molar-refractivity contribution is -0.118. The van der Waals surface area contributed by atoms with Crippen molar-refractivity contribution in [1.82, 2.24) is 20.2 Å². The van der Waals surface area contributed by atoms with E-state index in [1.165, 1.54) is 11.8 Å². The minimum Gasteiger partial charge on any atom is -0.493 e. The van der Waals surface area contributed by atoms with E-state index in [2.05, 4.69) is 20.7 Å². The molecule has 0 aliphatic carbocycles. The minimum atomic E-state index is -0.253. The molecule has 37 heavy (non-hydrogen) atoms. The Morgan fingerprint density at radius 3 is 2.14 bits per heavy atom. The first-order valence-electron chi connectivity index (χ1n) is 11.4. The van der Waals surface area contributed by atoms with E-state index in [-0.39, 0.29) is 11.7 Å². The number of rotatable bonds is 10. The molecule has 4 rings (SSSR count). The Morgan fingerprint density at radius 1 is 0.919 bits per heavy atom. The number of carbonyl (C=O) groups is 1. The maximum Gasteiger partial charge on any atom is 0.250 e. The number of benzene rings is 3. The lowest BCUT2D eigenvalue weighted by Gasteiger charge is -2.15. The lowest BCUT2D eigenvalue weighted by atomic mass is 10.1. The number of thioether (sulfide) groups is 1. The molecule has 10 heteroatoms. The summed E-state index contributed by atoms with van der Waals surface area (Å²) >= 11 is 1.26. The first-order valence-corrected chi connectivity index (χ1v) is 12.4. The van der Waals surface area contributed by atoms with E-state index in [1.807, 2.05) is 84.3 Å². The zero-order valence-electron chi connectivity index (χ0n) is 21.0. The van der Waals surface area contributed by atoms with Gasteiger partial charge >= 0.3 is 0 Å². The fourth-order valence-corrected chi connectivity index (χ4v) is 4.37. The number of ether oxygens (including phenoxy) is 3. The Kier molecular flexibility index (Phi) is 8.42. The third-order valence-electron chi connectivity index (χ3n) is 5.44. The number of methoxy groups -OCH3 is 3. The molecule has 1 N–H and O–H groups in total. The number of hydrazone groups is 1. The number of para-hydroxylation sites is 1. The average molecular weight is 518 g/mol. The molecule has 1 aromatic heterocycles. The molecule has 9 nitrogen and oxygen atoms in total. The summed E-state index contributed by atoms with van der Waals surface area (Å²) in [6, 6.07) is 23.0. The van der Waals surface area contributed by atoms with E-state index in [9.17, 15) is 4.79 Å². The van der Waals surface area contributed by atoms with Crippen molar-refractivity contribution in [3.05, 3.63) is 78.4 Å². The van der Waals surface area contributed by atoms with Crippen molar-refractivity contribution in [1.29, 1.82) is 0 Å². The Labute approximate surface area is 219 Å². The molecule has 0 unspecified atom stereocenters. The smallest absolute Gasteiger partial charge is 0.250 e. The number of aromatic nitrogens is 3. The van der Waals surface area contributed by atoms with Crippen LogP contribution in [0.4, 0.5) is 0 Å². The molecule has 0 fully saturated rings. The second-order valence-electron chi connectivity index (χ2n) is 7.78. The molecule has 0 bridgehead atoms. The van der Waals surface area contributed by atoms with Gasteiger partial charge in [-0.25, -0.2) is 5.43 Å². The highest BCUT2D eigenvalue weighted by Gasteiger charge is 2.21. The highest BCUT2D eigenvalue weighted by Crippen LogP contribution is 2.41. The Bertz CT molecular complexity index is 1370. The van der Waals surface area contributed by atoms with E-state index in [0.29, 0.717) is 33.8 Å². The van der Waals surface area contributed by atoms with Crippen molar-refractivity contribution in [2.45, 2.75) is 12.1 Å². The zero-order chi connectivity index (χ0) is 26.2. The highest BCUT2D eigenvalue weighted by molar-refractivity contribution is 7.99. The Morgan fingerprint density at radius 2 is 1.54 bits per heavy atom. The SMILES string of the molecule is COc1cc(-c2nnc(SCC(=O)N/N=C(/C)c3ccccc3)n2-c2ccccc2)cc(OC)c1OC. The second kappa shape index (κ2) is 12.1. The van der Waals surface area contributed by atoms with Gasteiger partial charge in [-0.1, -0.05) is 60.3 Å². The van der Waals surface area contributed by atoms with Crippen LogP contribution < -0.4 is 19.6 Å². The van der Waals surface area contributed by atoms with Crippen molar-refractivity contribution in [2.24, 2.45) is 5.10 Å². The van der Waals surface area contributed by atoms with Crippen LogP contribution in [0.5, 0.6) is 17.2 Å². The average Bonchev–Trinajstić information content (AvgIpc) is 3.38. The van der Waals surface area contributed by atoms with Gasteiger partial charge in [0.25, 0.3) is 5.91 Å². The van der Waals surface area contributed by atoms with E-state index < -0.39 is 0 Å². The Hall–Kier alpha value is -4.31. The van der Waals surface area contributed by atoms with Crippen LogP contribution in [-0.2, 0) is 4.79 Å². The van der Waals surface area contributed by atoms with Crippen LogP contribution in [0.15, 0.2) is 83.1 Å². The molecule has 0 aliphatic heterocycles. The quantitative estimate of drug-likeness (QED) is 0.187. The molecule has 0 radical (unpaired) electrons. The number of hydrogen-bond acceptors (Lipinski definition) is 8. The highest BCUT2D eigenvalue weighted by atomic mass is 32.2. The van der Waals surface area contributed by atoms with Gasteiger partial charge in [0, 0.05) is 11.3 Å². The van der Waals surface area contributed by atoms with Crippen molar-refractivity contribution >= 4 is 23.4 Å². The number of amides is 1.